The highest BCUT2D eigenvalue weighted by Gasteiger charge is 2.20. The van der Waals surface area contributed by atoms with E-state index in [9.17, 15) is 19.8 Å². The van der Waals surface area contributed by atoms with Gasteiger partial charge in [-0.25, -0.2) is 0 Å². The number of unbranched alkanes of at least 4 members (excludes halogenated alkanes) is 31. The molecule has 0 aliphatic carbocycles. The smallest absolute Gasteiger partial charge is 0.305 e. The number of rotatable bonds is 48. The summed E-state index contributed by atoms with van der Waals surface area (Å²) < 4.78 is 5.45. The van der Waals surface area contributed by atoms with Crippen molar-refractivity contribution in [1.29, 1.82) is 0 Å². The van der Waals surface area contributed by atoms with Crippen LogP contribution in [0.15, 0.2) is 36.5 Å². The lowest BCUT2D eigenvalue weighted by molar-refractivity contribution is -0.143. The van der Waals surface area contributed by atoms with Crippen molar-refractivity contribution >= 4 is 11.9 Å². The van der Waals surface area contributed by atoms with Gasteiger partial charge in [-0.1, -0.05) is 217 Å². The highest BCUT2D eigenvalue weighted by Crippen LogP contribution is 2.16. The van der Waals surface area contributed by atoms with Gasteiger partial charge in [-0.05, 0) is 77.0 Å². The normalized spacial score (nSPS) is 12.9. The number of hydrogen-bond donors (Lipinski definition) is 3. The van der Waals surface area contributed by atoms with Crippen LogP contribution in [0.2, 0.25) is 0 Å². The Kier molecular flexibility index (Phi) is 48.1. The molecule has 3 N–H and O–H groups in total. The summed E-state index contributed by atoms with van der Waals surface area (Å²) in [5, 5.41) is 23.1. The van der Waals surface area contributed by atoms with E-state index in [4.69, 9.17) is 4.74 Å². The molecular formula is C54H101NO5. The van der Waals surface area contributed by atoms with E-state index in [0.29, 0.717) is 25.9 Å². The lowest BCUT2D eigenvalue weighted by Gasteiger charge is -2.22. The molecule has 0 aliphatic heterocycles. The minimum atomic E-state index is -0.669. The van der Waals surface area contributed by atoms with Gasteiger partial charge >= 0.3 is 5.97 Å². The Hall–Kier alpha value is -1.92. The first-order valence-corrected chi connectivity index (χ1v) is 26.2. The molecule has 6 heteroatoms. The third-order valence-corrected chi connectivity index (χ3v) is 11.9. The second kappa shape index (κ2) is 49.7. The van der Waals surface area contributed by atoms with Crippen LogP contribution in [0.25, 0.3) is 0 Å². The zero-order valence-corrected chi connectivity index (χ0v) is 39.9. The van der Waals surface area contributed by atoms with Crippen molar-refractivity contribution in [2.24, 2.45) is 0 Å². The van der Waals surface area contributed by atoms with Crippen LogP contribution in [0.4, 0.5) is 0 Å². The molecule has 0 fully saturated rings. The molecule has 60 heavy (non-hydrogen) atoms. The Balaban J connectivity index is 3.44. The maximum Gasteiger partial charge on any atom is 0.305 e. The van der Waals surface area contributed by atoms with Gasteiger partial charge in [-0.2, -0.15) is 0 Å². The van der Waals surface area contributed by atoms with Crippen LogP contribution in [0.1, 0.15) is 271 Å². The van der Waals surface area contributed by atoms with E-state index in [2.05, 4.69) is 55.6 Å². The first kappa shape index (κ1) is 58.1. The first-order chi connectivity index (χ1) is 29.5. The van der Waals surface area contributed by atoms with E-state index in [1.54, 1.807) is 0 Å². The van der Waals surface area contributed by atoms with Crippen molar-refractivity contribution in [2.45, 2.75) is 283 Å². The first-order valence-electron chi connectivity index (χ1n) is 26.2. The van der Waals surface area contributed by atoms with Crippen LogP contribution in [0.5, 0.6) is 0 Å². The average molecular weight is 844 g/mol. The van der Waals surface area contributed by atoms with Gasteiger partial charge in [-0.3, -0.25) is 9.59 Å². The van der Waals surface area contributed by atoms with Crippen LogP contribution in [0, 0.1) is 0 Å². The second-order valence-corrected chi connectivity index (χ2v) is 17.8. The number of carbonyl (C=O) groups excluding carboxylic acids is 2. The lowest BCUT2D eigenvalue weighted by Crippen LogP contribution is -2.45. The van der Waals surface area contributed by atoms with E-state index in [1.807, 2.05) is 0 Å². The molecule has 2 atom stereocenters. The molecule has 352 valence electrons. The molecule has 0 bridgehead atoms. The SMILES string of the molecule is CCC/C=C\C/C=C\CCCCCCCC(=O)OCCCCCCCCCC/C=C\CCCCCCCCCC(=O)NC(CO)C(O)CCCCCCCCCCCCC. The van der Waals surface area contributed by atoms with Crippen molar-refractivity contribution in [3.05, 3.63) is 36.5 Å². The van der Waals surface area contributed by atoms with Gasteiger partial charge in [0.1, 0.15) is 0 Å². The molecule has 0 radical (unpaired) electrons. The summed E-state index contributed by atoms with van der Waals surface area (Å²) in [7, 11) is 0. The third kappa shape index (κ3) is 45.6. The van der Waals surface area contributed by atoms with Gasteiger partial charge in [0.05, 0.1) is 25.4 Å². The number of hydrogen-bond acceptors (Lipinski definition) is 5. The molecule has 0 aromatic carbocycles. The van der Waals surface area contributed by atoms with Gasteiger partial charge < -0.3 is 20.3 Å². The van der Waals surface area contributed by atoms with E-state index < -0.39 is 12.1 Å². The second-order valence-electron chi connectivity index (χ2n) is 17.8. The van der Waals surface area contributed by atoms with Crippen LogP contribution in [-0.2, 0) is 14.3 Å². The van der Waals surface area contributed by atoms with Crippen LogP contribution >= 0.6 is 0 Å². The average Bonchev–Trinajstić information content (AvgIpc) is 3.25. The summed E-state index contributed by atoms with van der Waals surface area (Å²) in [5.74, 6) is -0.0588. The van der Waals surface area contributed by atoms with Gasteiger partial charge in [-0.15, -0.1) is 0 Å². The largest absolute Gasteiger partial charge is 0.466 e. The molecule has 0 aromatic heterocycles. The minimum absolute atomic E-state index is 0.0121. The molecule has 0 heterocycles. The van der Waals surface area contributed by atoms with Gasteiger partial charge in [0.2, 0.25) is 5.91 Å². The van der Waals surface area contributed by atoms with E-state index in [-0.39, 0.29) is 18.5 Å². The molecule has 0 spiro atoms. The highest BCUT2D eigenvalue weighted by atomic mass is 16.5. The zero-order chi connectivity index (χ0) is 43.7. The molecule has 6 nitrogen and oxygen atoms in total. The maximum absolute atomic E-state index is 12.4. The fraction of sp³-hybridized carbons (Fsp3) is 0.852. The fourth-order valence-corrected chi connectivity index (χ4v) is 7.85. The van der Waals surface area contributed by atoms with Gasteiger partial charge in [0, 0.05) is 12.8 Å². The van der Waals surface area contributed by atoms with E-state index in [1.165, 1.54) is 180 Å². The van der Waals surface area contributed by atoms with Gasteiger partial charge in [0.15, 0.2) is 0 Å². The van der Waals surface area contributed by atoms with Crippen molar-refractivity contribution in [3.8, 4) is 0 Å². The molecular weight excluding hydrogens is 743 g/mol. The Morgan fingerprint density at radius 2 is 0.867 bits per heavy atom. The summed E-state index contributed by atoms with van der Waals surface area (Å²) in [5.41, 5.74) is 0. The molecule has 0 saturated carbocycles. The number of aliphatic hydroxyl groups excluding tert-OH is 2. The Morgan fingerprint density at radius 3 is 1.35 bits per heavy atom. The van der Waals surface area contributed by atoms with Crippen molar-refractivity contribution in [2.75, 3.05) is 13.2 Å². The van der Waals surface area contributed by atoms with Crippen molar-refractivity contribution in [3.63, 3.8) is 0 Å². The number of amides is 1. The molecule has 2 unspecified atom stereocenters. The van der Waals surface area contributed by atoms with Gasteiger partial charge in [0.25, 0.3) is 0 Å². The Morgan fingerprint density at radius 1 is 0.467 bits per heavy atom. The monoisotopic (exact) mass is 844 g/mol. The topological polar surface area (TPSA) is 95.9 Å². The number of ether oxygens (including phenoxy) is 1. The summed E-state index contributed by atoms with van der Waals surface area (Å²) >= 11 is 0. The number of carbonyl (C=O) groups is 2. The quantitative estimate of drug-likeness (QED) is 0.0322. The lowest BCUT2D eigenvalue weighted by atomic mass is 10.0. The van der Waals surface area contributed by atoms with Crippen molar-refractivity contribution < 1.29 is 24.5 Å². The molecule has 0 aromatic rings. The minimum Gasteiger partial charge on any atom is -0.466 e. The number of allylic oxidation sites excluding steroid dienone is 6. The molecule has 0 aliphatic rings. The van der Waals surface area contributed by atoms with Crippen LogP contribution < -0.4 is 5.32 Å². The zero-order valence-electron chi connectivity index (χ0n) is 39.9. The standard InChI is InChI=1S/C54H101NO5/c1-3-5-7-9-11-13-15-23-28-32-36-40-44-48-54(59)60-49-45-41-37-33-29-25-22-20-18-16-17-19-21-24-27-31-35-39-43-47-53(58)55-51(50-56)52(57)46-42-38-34-30-26-14-12-10-8-6-4-2/h7,9,13,15-17,51-52,56-57H,3-6,8,10-12,14,18-50H2,1-2H3,(H,55,58)/b9-7-,15-13-,17-16-. The number of esters is 1. The summed E-state index contributed by atoms with van der Waals surface area (Å²) in [6, 6.07) is -0.547. The Labute approximate surface area is 373 Å². The molecule has 0 rings (SSSR count). The van der Waals surface area contributed by atoms with Crippen LogP contribution in [0.3, 0.4) is 0 Å². The van der Waals surface area contributed by atoms with E-state index >= 15 is 0 Å². The van der Waals surface area contributed by atoms with Crippen LogP contribution in [-0.4, -0.2) is 47.4 Å². The maximum atomic E-state index is 12.4. The summed E-state index contributed by atoms with van der Waals surface area (Å²) in [6.45, 7) is 4.85. The fourth-order valence-electron chi connectivity index (χ4n) is 7.85. The summed E-state index contributed by atoms with van der Waals surface area (Å²) in [4.78, 5) is 24.4. The molecule has 1 amide bonds. The third-order valence-electron chi connectivity index (χ3n) is 11.9. The molecule has 0 saturated heterocycles. The van der Waals surface area contributed by atoms with Crippen molar-refractivity contribution in [1.82, 2.24) is 5.32 Å². The highest BCUT2D eigenvalue weighted by molar-refractivity contribution is 5.76. The Bertz CT molecular complexity index is 977. The number of nitrogens with one attached hydrogen (secondary N) is 1. The predicted molar refractivity (Wildman–Crippen MR) is 259 cm³/mol. The predicted octanol–water partition coefficient (Wildman–Crippen LogP) is 15.7. The van der Waals surface area contributed by atoms with E-state index in [0.717, 1.165) is 57.8 Å². The summed E-state index contributed by atoms with van der Waals surface area (Å²) in [6.07, 6.45) is 59.8. The number of aliphatic hydroxyl groups is 2.